The lowest BCUT2D eigenvalue weighted by Crippen LogP contribution is -2.51. The normalized spacial score (nSPS) is 13.5. The Labute approximate surface area is 193 Å². The molecule has 6 heteroatoms. The number of hydrogen-bond donors (Lipinski definition) is 0. The van der Waals surface area contributed by atoms with Crippen molar-refractivity contribution in [1.82, 2.24) is 0 Å². The molecule has 1 unspecified atom stereocenters. The molecule has 0 radical (unpaired) electrons. The van der Waals surface area contributed by atoms with Crippen molar-refractivity contribution in [2.75, 3.05) is 0 Å². The van der Waals surface area contributed by atoms with Crippen molar-refractivity contribution in [1.29, 1.82) is 0 Å². The van der Waals surface area contributed by atoms with Gasteiger partial charge in [-0.15, -0.1) is 0 Å². The van der Waals surface area contributed by atoms with Crippen LogP contribution in [-0.4, -0.2) is 24.3 Å². The van der Waals surface area contributed by atoms with Gasteiger partial charge in [0.25, 0.3) is 5.97 Å². The summed E-state index contributed by atoms with van der Waals surface area (Å²) in [6, 6.07) is 1.44. The van der Waals surface area contributed by atoms with Crippen LogP contribution >= 0.6 is 0 Å². The van der Waals surface area contributed by atoms with Crippen LogP contribution in [0.4, 0.5) is 13.2 Å². The third-order valence-electron chi connectivity index (χ3n) is 5.16. The Morgan fingerprint density at radius 1 is 0.719 bits per heavy atom. The summed E-state index contributed by atoms with van der Waals surface area (Å²) in [7, 11) is 0. The van der Waals surface area contributed by atoms with Crippen LogP contribution in [0.3, 0.4) is 0 Å². The molecule has 0 spiro atoms. The number of ether oxygens (including phenoxy) is 3. The Hall–Kier alpha value is -1.11. The van der Waals surface area contributed by atoms with Crippen LogP contribution in [0.1, 0.15) is 99.0 Å². The van der Waals surface area contributed by atoms with Crippen LogP contribution in [0.15, 0.2) is 12.1 Å². The Balaban J connectivity index is 3.30. The van der Waals surface area contributed by atoms with Crippen molar-refractivity contribution in [3.63, 3.8) is 0 Å². The zero-order chi connectivity index (χ0) is 24.3. The van der Waals surface area contributed by atoms with Gasteiger partial charge in [-0.05, 0) is 54.4 Å². The Morgan fingerprint density at radius 2 is 1.16 bits per heavy atom. The summed E-state index contributed by atoms with van der Waals surface area (Å²) < 4.78 is 61.3. The number of unbranched alkanes of at least 4 members (excludes halogenated alkanes) is 5. The average molecular weight is 461 g/mol. The first-order valence-corrected chi connectivity index (χ1v) is 12.2. The fourth-order valence-electron chi connectivity index (χ4n) is 3.95. The summed E-state index contributed by atoms with van der Waals surface area (Å²) in [4.78, 5) is 0. The van der Waals surface area contributed by atoms with Crippen molar-refractivity contribution in [3.8, 4) is 0 Å². The van der Waals surface area contributed by atoms with E-state index in [4.69, 9.17) is 14.2 Å². The maximum absolute atomic E-state index is 14.6. The molecule has 0 aliphatic heterocycles. The molecular weight excluding hydrogens is 417 g/mol. The van der Waals surface area contributed by atoms with Gasteiger partial charge in [-0.25, -0.2) is 13.2 Å². The second-order valence-corrected chi connectivity index (χ2v) is 9.41. The molecule has 3 nitrogen and oxygen atoms in total. The van der Waals surface area contributed by atoms with E-state index >= 15 is 0 Å². The van der Waals surface area contributed by atoms with Crippen molar-refractivity contribution in [2.45, 2.75) is 124 Å². The minimum Gasteiger partial charge on any atom is -0.324 e. The average Bonchev–Trinajstić information content (AvgIpc) is 2.63. The zero-order valence-corrected chi connectivity index (χ0v) is 21.0. The van der Waals surface area contributed by atoms with E-state index in [1.165, 1.54) is 19.3 Å². The molecule has 0 amide bonds. The van der Waals surface area contributed by atoms with Gasteiger partial charge in [-0.1, -0.05) is 45.4 Å². The van der Waals surface area contributed by atoms with Gasteiger partial charge in [0.1, 0.15) is 17.5 Å². The highest BCUT2D eigenvalue weighted by atomic mass is 19.1. The second-order valence-electron chi connectivity index (χ2n) is 9.41. The standard InChI is InChI=1S/C26H43F3O3/c1-8-9-10-11-12-13-14-21(15-23-24(28)16-22(27)17-25(23)29)26(30-18(2)3,31-19(4)5)32-20(6)7/h16-21H,8-15H2,1-7H3. The van der Waals surface area contributed by atoms with E-state index in [-0.39, 0.29) is 30.3 Å². The molecule has 0 aromatic heterocycles. The van der Waals surface area contributed by atoms with Crippen LogP contribution in [0.25, 0.3) is 0 Å². The Morgan fingerprint density at radius 3 is 1.59 bits per heavy atom. The first kappa shape index (κ1) is 28.9. The Kier molecular flexibility index (Phi) is 12.8. The van der Waals surface area contributed by atoms with Crippen molar-refractivity contribution in [3.05, 3.63) is 35.1 Å². The number of halogens is 3. The fraction of sp³-hybridized carbons (Fsp3) is 0.769. The minimum atomic E-state index is -1.47. The maximum Gasteiger partial charge on any atom is 0.286 e. The summed E-state index contributed by atoms with van der Waals surface area (Å²) in [5.41, 5.74) is -0.168. The molecule has 0 fully saturated rings. The van der Waals surface area contributed by atoms with Gasteiger partial charge in [0.2, 0.25) is 0 Å². The molecule has 0 heterocycles. The van der Waals surface area contributed by atoms with E-state index in [0.717, 1.165) is 31.4 Å². The summed E-state index contributed by atoms with van der Waals surface area (Å²) >= 11 is 0. The highest BCUT2D eigenvalue weighted by Crippen LogP contribution is 2.37. The van der Waals surface area contributed by atoms with Gasteiger partial charge in [0.15, 0.2) is 0 Å². The van der Waals surface area contributed by atoms with Crippen molar-refractivity contribution >= 4 is 0 Å². The molecule has 0 bridgehead atoms. The van der Waals surface area contributed by atoms with Gasteiger partial charge in [0, 0.05) is 23.6 Å². The SMILES string of the molecule is CCCCCCCCC(Cc1c(F)cc(F)cc1F)C(OC(C)C)(OC(C)C)OC(C)C. The summed E-state index contributed by atoms with van der Waals surface area (Å²) in [5, 5.41) is 0. The summed E-state index contributed by atoms with van der Waals surface area (Å²) in [6.07, 6.45) is 6.39. The third kappa shape index (κ3) is 9.80. The molecule has 32 heavy (non-hydrogen) atoms. The number of rotatable bonds is 16. The van der Waals surface area contributed by atoms with E-state index in [0.29, 0.717) is 6.42 Å². The van der Waals surface area contributed by atoms with Gasteiger partial charge in [0.05, 0.1) is 18.3 Å². The quantitative estimate of drug-likeness (QED) is 0.185. The molecule has 0 saturated carbocycles. The predicted molar refractivity (Wildman–Crippen MR) is 123 cm³/mol. The van der Waals surface area contributed by atoms with Gasteiger partial charge in [-0.3, -0.25) is 0 Å². The van der Waals surface area contributed by atoms with Gasteiger partial charge in [-0.2, -0.15) is 0 Å². The van der Waals surface area contributed by atoms with Crippen LogP contribution in [-0.2, 0) is 20.6 Å². The predicted octanol–water partition coefficient (Wildman–Crippen LogP) is 7.94. The highest BCUT2D eigenvalue weighted by Gasteiger charge is 2.45. The molecule has 0 aliphatic rings. The fourth-order valence-corrected chi connectivity index (χ4v) is 3.95. The van der Waals surface area contributed by atoms with E-state index < -0.39 is 29.3 Å². The monoisotopic (exact) mass is 460 g/mol. The molecule has 0 aliphatic carbocycles. The lowest BCUT2D eigenvalue weighted by Gasteiger charge is -2.43. The van der Waals surface area contributed by atoms with Crippen LogP contribution in [0.2, 0.25) is 0 Å². The number of benzene rings is 1. The third-order valence-corrected chi connectivity index (χ3v) is 5.16. The van der Waals surface area contributed by atoms with E-state index in [9.17, 15) is 13.2 Å². The van der Waals surface area contributed by atoms with Gasteiger partial charge < -0.3 is 14.2 Å². The molecule has 0 N–H and O–H groups in total. The van der Waals surface area contributed by atoms with Crippen LogP contribution in [0, 0.1) is 23.4 Å². The molecule has 1 atom stereocenters. The van der Waals surface area contributed by atoms with Crippen molar-refractivity contribution < 1.29 is 27.4 Å². The van der Waals surface area contributed by atoms with Crippen LogP contribution < -0.4 is 0 Å². The van der Waals surface area contributed by atoms with E-state index in [2.05, 4.69) is 6.92 Å². The van der Waals surface area contributed by atoms with Gasteiger partial charge >= 0.3 is 0 Å². The summed E-state index contributed by atoms with van der Waals surface area (Å²) in [5.74, 6) is -4.67. The first-order chi connectivity index (χ1) is 15.0. The minimum absolute atomic E-state index is 0.0148. The number of hydrogen-bond acceptors (Lipinski definition) is 3. The largest absolute Gasteiger partial charge is 0.324 e. The molecule has 186 valence electrons. The lowest BCUT2D eigenvalue weighted by atomic mass is 9.90. The molecule has 1 aromatic rings. The topological polar surface area (TPSA) is 27.7 Å². The second kappa shape index (κ2) is 14.2. The molecule has 1 aromatic carbocycles. The van der Waals surface area contributed by atoms with Crippen LogP contribution in [0.5, 0.6) is 0 Å². The lowest BCUT2D eigenvalue weighted by molar-refractivity contribution is -0.432. The summed E-state index contributed by atoms with van der Waals surface area (Å²) in [6.45, 7) is 13.4. The maximum atomic E-state index is 14.6. The first-order valence-electron chi connectivity index (χ1n) is 12.2. The molecule has 0 saturated heterocycles. The van der Waals surface area contributed by atoms with Crippen molar-refractivity contribution in [2.24, 2.45) is 5.92 Å². The van der Waals surface area contributed by atoms with E-state index in [1.807, 2.05) is 41.5 Å². The highest BCUT2D eigenvalue weighted by molar-refractivity contribution is 5.21. The molecular formula is C26H43F3O3. The van der Waals surface area contributed by atoms with E-state index in [1.54, 1.807) is 0 Å². The zero-order valence-electron chi connectivity index (χ0n) is 21.0. The smallest absolute Gasteiger partial charge is 0.286 e. The molecule has 1 rings (SSSR count). The Bertz CT molecular complexity index is 612.